The summed E-state index contributed by atoms with van der Waals surface area (Å²) in [6, 6.07) is 0.706. The van der Waals surface area contributed by atoms with Gasteiger partial charge in [-0.3, -0.25) is 0 Å². The van der Waals surface area contributed by atoms with Crippen molar-refractivity contribution >= 4 is 9.84 Å². The van der Waals surface area contributed by atoms with E-state index in [1.807, 2.05) is 0 Å². The first-order valence-electron chi connectivity index (χ1n) is 8.18. The maximum atomic E-state index is 11.8. The SMILES string of the molecule is CCCCN1CCC(NC2CCCC2S(C)(=O)=O)CC1. The second-order valence-electron chi connectivity index (χ2n) is 6.54. The van der Waals surface area contributed by atoms with Crippen molar-refractivity contribution in [3.63, 3.8) is 0 Å². The topological polar surface area (TPSA) is 49.4 Å². The molecular formula is C15H30N2O2S. The Balaban J connectivity index is 1.78. The van der Waals surface area contributed by atoms with E-state index in [1.54, 1.807) is 0 Å². The summed E-state index contributed by atoms with van der Waals surface area (Å²) in [5.41, 5.74) is 0. The van der Waals surface area contributed by atoms with Crippen LogP contribution >= 0.6 is 0 Å². The predicted molar refractivity (Wildman–Crippen MR) is 83.8 cm³/mol. The van der Waals surface area contributed by atoms with Crippen molar-refractivity contribution in [2.75, 3.05) is 25.9 Å². The first kappa shape index (κ1) is 16.2. The summed E-state index contributed by atoms with van der Waals surface area (Å²) in [6.07, 6.45) is 9.18. The van der Waals surface area contributed by atoms with Crippen molar-refractivity contribution in [2.24, 2.45) is 0 Å². The molecule has 0 amide bonds. The molecular weight excluding hydrogens is 272 g/mol. The van der Waals surface area contributed by atoms with E-state index in [1.165, 1.54) is 25.6 Å². The highest BCUT2D eigenvalue weighted by Crippen LogP contribution is 2.26. The molecule has 1 aliphatic carbocycles. The molecule has 1 heterocycles. The van der Waals surface area contributed by atoms with E-state index in [9.17, 15) is 8.42 Å². The molecule has 118 valence electrons. The van der Waals surface area contributed by atoms with E-state index in [-0.39, 0.29) is 11.3 Å². The van der Waals surface area contributed by atoms with Crippen molar-refractivity contribution in [3.05, 3.63) is 0 Å². The molecule has 20 heavy (non-hydrogen) atoms. The quantitative estimate of drug-likeness (QED) is 0.813. The first-order chi connectivity index (χ1) is 9.50. The van der Waals surface area contributed by atoms with Gasteiger partial charge in [0.15, 0.2) is 9.84 Å². The van der Waals surface area contributed by atoms with Crippen molar-refractivity contribution < 1.29 is 8.42 Å². The van der Waals surface area contributed by atoms with E-state index in [2.05, 4.69) is 17.1 Å². The second kappa shape index (κ2) is 7.23. The zero-order chi connectivity index (χ0) is 14.6. The highest BCUT2D eigenvalue weighted by molar-refractivity contribution is 7.91. The highest BCUT2D eigenvalue weighted by Gasteiger charge is 2.36. The Morgan fingerprint density at radius 1 is 1.15 bits per heavy atom. The molecule has 2 aliphatic rings. The van der Waals surface area contributed by atoms with E-state index >= 15 is 0 Å². The minimum Gasteiger partial charge on any atom is -0.310 e. The predicted octanol–water partition coefficient (Wildman–Crippen LogP) is 1.81. The minimum absolute atomic E-state index is 0.152. The zero-order valence-corrected chi connectivity index (χ0v) is 13.8. The van der Waals surface area contributed by atoms with Gasteiger partial charge in [0.2, 0.25) is 0 Å². The summed E-state index contributed by atoms with van der Waals surface area (Å²) >= 11 is 0. The summed E-state index contributed by atoms with van der Waals surface area (Å²) in [7, 11) is -2.90. The molecule has 0 radical (unpaired) electrons. The Kier molecular flexibility index (Phi) is 5.87. The number of hydrogen-bond donors (Lipinski definition) is 1. The molecule has 0 spiro atoms. The molecule has 4 nitrogen and oxygen atoms in total. The molecule has 0 aromatic rings. The normalized spacial score (nSPS) is 29.9. The van der Waals surface area contributed by atoms with E-state index in [4.69, 9.17) is 0 Å². The number of hydrogen-bond acceptors (Lipinski definition) is 4. The molecule has 2 fully saturated rings. The number of piperidine rings is 1. The summed E-state index contributed by atoms with van der Waals surface area (Å²) < 4.78 is 23.6. The van der Waals surface area contributed by atoms with Gasteiger partial charge in [-0.15, -0.1) is 0 Å². The van der Waals surface area contributed by atoms with Crippen LogP contribution in [0.25, 0.3) is 0 Å². The third kappa shape index (κ3) is 4.43. The molecule has 1 aliphatic heterocycles. The van der Waals surface area contributed by atoms with Crippen LogP contribution < -0.4 is 5.32 Å². The number of unbranched alkanes of at least 4 members (excludes halogenated alkanes) is 1. The fourth-order valence-corrected chi connectivity index (χ4v) is 5.04. The van der Waals surface area contributed by atoms with Gasteiger partial charge in [0, 0.05) is 18.3 Å². The lowest BCUT2D eigenvalue weighted by atomic mass is 10.0. The van der Waals surface area contributed by atoms with Crippen LogP contribution in [0.3, 0.4) is 0 Å². The fraction of sp³-hybridized carbons (Fsp3) is 1.00. The lowest BCUT2D eigenvalue weighted by molar-refractivity contribution is 0.189. The summed E-state index contributed by atoms with van der Waals surface area (Å²) in [6.45, 7) is 5.78. The molecule has 5 heteroatoms. The number of sulfone groups is 1. The average Bonchev–Trinajstić information content (AvgIpc) is 2.86. The number of rotatable bonds is 6. The minimum atomic E-state index is -2.90. The van der Waals surface area contributed by atoms with Gasteiger partial charge < -0.3 is 10.2 Å². The molecule has 2 atom stereocenters. The third-order valence-corrected chi connectivity index (χ3v) is 6.53. The molecule has 0 aromatic heterocycles. The van der Waals surface area contributed by atoms with Crippen LogP contribution in [0.5, 0.6) is 0 Å². The van der Waals surface area contributed by atoms with Crippen molar-refractivity contribution in [1.82, 2.24) is 10.2 Å². The fourth-order valence-electron chi connectivity index (χ4n) is 3.64. The Morgan fingerprint density at radius 3 is 2.45 bits per heavy atom. The number of nitrogens with one attached hydrogen (secondary N) is 1. The monoisotopic (exact) mass is 302 g/mol. The van der Waals surface area contributed by atoms with Gasteiger partial charge in [0.1, 0.15) is 0 Å². The van der Waals surface area contributed by atoms with Gasteiger partial charge in [0.05, 0.1) is 5.25 Å². The van der Waals surface area contributed by atoms with Gasteiger partial charge >= 0.3 is 0 Å². The van der Waals surface area contributed by atoms with Gasteiger partial charge in [0.25, 0.3) is 0 Å². The number of likely N-dealkylation sites (tertiary alicyclic amines) is 1. The maximum absolute atomic E-state index is 11.8. The molecule has 0 bridgehead atoms. The van der Waals surface area contributed by atoms with Crippen molar-refractivity contribution in [2.45, 2.75) is 69.2 Å². The molecule has 1 N–H and O–H groups in total. The van der Waals surface area contributed by atoms with Gasteiger partial charge in [-0.1, -0.05) is 19.8 Å². The Bertz CT molecular complexity index is 389. The van der Waals surface area contributed by atoms with E-state index in [0.717, 1.165) is 45.2 Å². The molecule has 0 aromatic carbocycles. The van der Waals surface area contributed by atoms with Crippen LogP contribution in [0, 0.1) is 0 Å². The third-order valence-electron chi connectivity index (χ3n) is 4.87. The second-order valence-corrected chi connectivity index (χ2v) is 8.81. The maximum Gasteiger partial charge on any atom is 0.151 e. The summed E-state index contributed by atoms with van der Waals surface area (Å²) in [5, 5.41) is 3.49. The standard InChI is InChI=1S/C15H30N2O2S/c1-3-4-10-17-11-8-13(9-12-17)16-14-6-5-7-15(14)20(2,18)19/h13-16H,3-12H2,1-2H3. The van der Waals surface area contributed by atoms with Crippen molar-refractivity contribution in [1.29, 1.82) is 0 Å². The van der Waals surface area contributed by atoms with Crippen LogP contribution in [-0.4, -0.2) is 56.5 Å². The molecule has 1 saturated carbocycles. The smallest absolute Gasteiger partial charge is 0.151 e. The lowest BCUT2D eigenvalue weighted by Crippen LogP contribution is -2.49. The Hall–Kier alpha value is -0.130. The van der Waals surface area contributed by atoms with E-state index in [0.29, 0.717) is 6.04 Å². The Labute approximate surface area is 124 Å². The summed E-state index contributed by atoms with van der Waals surface area (Å²) in [5.74, 6) is 0. The molecule has 2 unspecified atom stereocenters. The number of nitrogens with zero attached hydrogens (tertiary/aromatic N) is 1. The highest BCUT2D eigenvalue weighted by atomic mass is 32.2. The zero-order valence-electron chi connectivity index (χ0n) is 13.0. The molecule has 1 saturated heterocycles. The van der Waals surface area contributed by atoms with Crippen LogP contribution in [0.4, 0.5) is 0 Å². The van der Waals surface area contributed by atoms with Crippen LogP contribution in [0.1, 0.15) is 51.9 Å². The van der Waals surface area contributed by atoms with Crippen LogP contribution in [-0.2, 0) is 9.84 Å². The largest absolute Gasteiger partial charge is 0.310 e. The summed E-state index contributed by atoms with van der Waals surface area (Å²) in [4.78, 5) is 2.55. The van der Waals surface area contributed by atoms with E-state index < -0.39 is 9.84 Å². The van der Waals surface area contributed by atoms with Gasteiger partial charge in [-0.25, -0.2) is 8.42 Å². The van der Waals surface area contributed by atoms with Gasteiger partial charge in [-0.05, 0) is 51.7 Å². The van der Waals surface area contributed by atoms with Crippen LogP contribution in [0.2, 0.25) is 0 Å². The van der Waals surface area contributed by atoms with Crippen molar-refractivity contribution in [3.8, 4) is 0 Å². The van der Waals surface area contributed by atoms with Crippen LogP contribution in [0.15, 0.2) is 0 Å². The Morgan fingerprint density at radius 2 is 1.85 bits per heavy atom. The molecule has 2 rings (SSSR count). The first-order valence-corrected chi connectivity index (χ1v) is 10.1. The lowest BCUT2D eigenvalue weighted by Gasteiger charge is -2.34. The van der Waals surface area contributed by atoms with Gasteiger partial charge in [-0.2, -0.15) is 0 Å². The average molecular weight is 302 g/mol.